The molecule has 0 aliphatic heterocycles. The van der Waals surface area contributed by atoms with Gasteiger partial charge >= 0.3 is 0 Å². The average Bonchev–Trinajstić information content (AvgIpc) is 3.07. The maximum Gasteiger partial charge on any atom is 0.177 e. The number of nitrogens with zero attached hydrogens (tertiary/aromatic N) is 1. The van der Waals surface area contributed by atoms with Crippen molar-refractivity contribution in [2.45, 2.75) is 25.9 Å². The molecule has 1 atom stereocenters. The van der Waals surface area contributed by atoms with Crippen molar-refractivity contribution in [2.75, 3.05) is 5.32 Å². The highest BCUT2D eigenvalue weighted by Crippen LogP contribution is 2.36. The number of halogens is 2. The van der Waals surface area contributed by atoms with Gasteiger partial charge < -0.3 is 15.5 Å². The second kappa shape index (κ2) is 6.46. The summed E-state index contributed by atoms with van der Waals surface area (Å²) in [6, 6.07) is 5.78. The lowest BCUT2D eigenvalue weighted by molar-refractivity contribution is 0.526. The maximum absolute atomic E-state index is 6.35. The van der Waals surface area contributed by atoms with Gasteiger partial charge in [-0.25, -0.2) is 4.98 Å². The topological polar surface area (TPSA) is 64.1 Å². The summed E-state index contributed by atoms with van der Waals surface area (Å²) in [7, 11) is 0. The molecule has 116 valence electrons. The van der Waals surface area contributed by atoms with Crippen LogP contribution in [0.15, 0.2) is 28.0 Å². The van der Waals surface area contributed by atoms with Crippen LogP contribution in [0, 0.1) is 0 Å². The van der Waals surface area contributed by atoms with Crippen molar-refractivity contribution >= 4 is 51.3 Å². The van der Waals surface area contributed by atoms with Gasteiger partial charge in [-0.2, -0.15) is 0 Å². The number of hydrogen-bond acceptors (Lipinski definition) is 5. The lowest BCUT2D eigenvalue weighted by Gasteiger charge is -2.06. The van der Waals surface area contributed by atoms with Gasteiger partial charge in [0.1, 0.15) is 21.5 Å². The Balaban J connectivity index is 1.98. The highest BCUT2D eigenvalue weighted by Gasteiger charge is 2.18. The van der Waals surface area contributed by atoms with Gasteiger partial charge in [0.2, 0.25) is 0 Å². The molecule has 0 aliphatic rings. The average molecular weight is 356 g/mol. The predicted molar refractivity (Wildman–Crippen MR) is 93.0 cm³/mol. The van der Waals surface area contributed by atoms with Crippen LogP contribution >= 0.6 is 34.5 Å². The summed E-state index contributed by atoms with van der Waals surface area (Å²) in [5, 5.41) is 6.22. The molecule has 0 saturated heterocycles. The molecule has 3 aromatic rings. The van der Waals surface area contributed by atoms with Crippen molar-refractivity contribution in [1.82, 2.24) is 4.98 Å². The highest BCUT2D eigenvalue weighted by molar-refractivity contribution is 7.09. The van der Waals surface area contributed by atoms with Crippen molar-refractivity contribution in [2.24, 2.45) is 5.73 Å². The Bertz CT molecular complexity index is 784. The summed E-state index contributed by atoms with van der Waals surface area (Å²) in [5.74, 6) is 0.639. The number of hydrogen-bond donors (Lipinski definition) is 2. The normalized spacial score (nSPS) is 12.7. The number of nitrogens with one attached hydrogen (secondary N) is 1. The Morgan fingerprint density at radius 1 is 1.45 bits per heavy atom. The Morgan fingerprint density at radius 2 is 2.27 bits per heavy atom. The van der Waals surface area contributed by atoms with Gasteiger partial charge in [-0.05, 0) is 18.4 Å². The predicted octanol–water partition coefficient (Wildman–Crippen LogP) is 4.70. The molecule has 0 aliphatic carbocycles. The molecule has 22 heavy (non-hydrogen) atoms. The molecule has 3 heterocycles. The van der Waals surface area contributed by atoms with Crippen molar-refractivity contribution in [3.05, 3.63) is 44.4 Å². The van der Waals surface area contributed by atoms with E-state index < -0.39 is 0 Å². The summed E-state index contributed by atoms with van der Waals surface area (Å²) in [4.78, 5) is 5.49. The molecular formula is C15H15Cl2N3OS. The third kappa shape index (κ3) is 3.22. The molecule has 0 aromatic carbocycles. The molecule has 0 unspecified atom stereocenters. The minimum atomic E-state index is -0.0453. The fraction of sp³-hybridized carbons (Fsp3) is 0.267. The second-order valence-electron chi connectivity index (χ2n) is 5.12. The molecule has 3 N–H and O–H groups in total. The number of nitrogens with two attached hydrogens (primary N) is 1. The SMILES string of the molecule is C[C@H](N)Cc1oc2c(NCc3cccs3)cc(Cl)nc2c1Cl. The number of thiophene rings is 1. The van der Waals surface area contributed by atoms with E-state index in [1.807, 2.05) is 18.4 Å². The summed E-state index contributed by atoms with van der Waals surface area (Å²) in [6.07, 6.45) is 0.553. The third-order valence-corrected chi connectivity index (χ3v) is 4.62. The Hall–Kier alpha value is -1.27. The van der Waals surface area contributed by atoms with Crippen molar-refractivity contribution in [1.29, 1.82) is 0 Å². The first-order valence-corrected chi connectivity index (χ1v) is 8.47. The van der Waals surface area contributed by atoms with Crippen LogP contribution in [0.2, 0.25) is 10.2 Å². The van der Waals surface area contributed by atoms with Crippen molar-refractivity contribution in [3.63, 3.8) is 0 Å². The summed E-state index contributed by atoms with van der Waals surface area (Å²) in [6.45, 7) is 2.59. The van der Waals surface area contributed by atoms with E-state index in [2.05, 4.69) is 16.4 Å². The lowest BCUT2D eigenvalue weighted by atomic mass is 10.2. The monoisotopic (exact) mass is 355 g/mol. The van der Waals surface area contributed by atoms with Crippen LogP contribution in [0.25, 0.3) is 11.1 Å². The molecule has 0 saturated carbocycles. The van der Waals surface area contributed by atoms with E-state index >= 15 is 0 Å². The quantitative estimate of drug-likeness (QED) is 0.651. The van der Waals surface area contributed by atoms with Gasteiger partial charge in [0, 0.05) is 30.0 Å². The standard InChI is InChI=1S/C15H15Cl2N3OS/c1-8(18)5-11-13(17)14-15(21-11)10(6-12(16)20-14)19-7-9-3-2-4-22-9/h2-4,6,8H,5,7,18H2,1H3,(H,19,20)/t8-/m0/s1. The molecule has 4 nitrogen and oxygen atoms in total. The number of anilines is 1. The van der Waals surface area contributed by atoms with E-state index in [1.54, 1.807) is 17.4 Å². The fourth-order valence-electron chi connectivity index (χ4n) is 2.20. The van der Waals surface area contributed by atoms with E-state index in [4.69, 9.17) is 33.4 Å². The number of furan rings is 1. The Morgan fingerprint density at radius 3 is 2.95 bits per heavy atom. The van der Waals surface area contributed by atoms with Crippen LogP contribution in [0.5, 0.6) is 0 Å². The molecule has 7 heteroatoms. The fourth-order valence-corrected chi connectivity index (χ4v) is 3.29. The summed E-state index contributed by atoms with van der Waals surface area (Å²) < 4.78 is 5.87. The van der Waals surface area contributed by atoms with Crippen molar-refractivity contribution < 1.29 is 4.42 Å². The zero-order chi connectivity index (χ0) is 15.7. The van der Waals surface area contributed by atoms with E-state index in [1.165, 1.54) is 4.88 Å². The smallest absolute Gasteiger partial charge is 0.177 e. The van der Waals surface area contributed by atoms with Crippen LogP contribution in [0.1, 0.15) is 17.6 Å². The minimum absolute atomic E-state index is 0.0453. The first-order chi connectivity index (χ1) is 10.5. The molecule has 3 aromatic heterocycles. The van der Waals surface area contributed by atoms with E-state index in [9.17, 15) is 0 Å². The van der Waals surface area contributed by atoms with Gasteiger partial charge in [0.15, 0.2) is 5.58 Å². The van der Waals surface area contributed by atoms with E-state index in [-0.39, 0.29) is 6.04 Å². The number of fused-ring (bicyclic) bond motifs is 1. The van der Waals surface area contributed by atoms with Crippen LogP contribution in [0.4, 0.5) is 5.69 Å². The highest BCUT2D eigenvalue weighted by atomic mass is 35.5. The largest absolute Gasteiger partial charge is 0.455 e. The van der Waals surface area contributed by atoms with Gasteiger partial charge in [0.25, 0.3) is 0 Å². The lowest BCUT2D eigenvalue weighted by Crippen LogP contribution is -2.17. The van der Waals surface area contributed by atoms with Crippen LogP contribution < -0.4 is 11.1 Å². The first-order valence-electron chi connectivity index (χ1n) is 6.84. The van der Waals surface area contributed by atoms with E-state index in [0.29, 0.717) is 40.0 Å². The summed E-state index contributed by atoms with van der Waals surface area (Å²) in [5.41, 5.74) is 7.79. The number of pyridine rings is 1. The third-order valence-electron chi connectivity index (χ3n) is 3.16. The molecular weight excluding hydrogens is 341 g/mol. The van der Waals surface area contributed by atoms with Crippen LogP contribution in [-0.2, 0) is 13.0 Å². The van der Waals surface area contributed by atoms with Gasteiger partial charge in [0.05, 0.1) is 5.69 Å². The Kier molecular flexibility index (Phi) is 4.59. The van der Waals surface area contributed by atoms with Crippen LogP contribution in [-0.4, -0.2) is 11.0 Å². The molecule has 3 rings (SSSR count). The number of rotatable bonds is 5. The zero-order valence-corrected chi connectivity index (χ0v) is 14.2. The molecule has 0 spiro atoms. The zero-order valence-electron chi connectivity index (χ0n) is 11.9. The molecule has 0 fully saturated rings. The van der Waals surface area contributed by atoms with Crippen molar-refractivity contribution in [3.8, 4) is 0 Å². The van der Waals surface area contributed by atoms with Gasteiger partial charge in [-0.1, -0.05) is 29.3 Å². The maximum atomic E-state index is 6.35. The Labute approximate surface area is 142 Å². The molecule has 0 bridgehead atoms. The number of aromatic nitrogens is 1. The second-order valence-corrected chi connectivity index (χ2v) is 6.92. The van der Waals surface area contributed by atoms with Gasteiger partial charge in [-0.3, -0.25) is 0 Å². The molecule has 0 amide bonds. The molecule has 0 radical (unpaired) electrons. The minimum Gasteiger partial charge on any atom is -0.455 e. The van der Waals surface area contributed by atoms with Gasteiger partial charge in [-0.15, -0.1) is 11.3 Å². The van der Waals surface area contributed by atoms with Crippen LogP contribution in [0.3, 0.4) is 0 Å². The first kappa shape index (κ1) is 15.6. The van der Waals surface area contributed by atoms with E-state index in [0.717, 1.165) is 5.69 Å². The summed E-state index contributed by atoms with van der Waals surface area (Å²) >= 11 is 14.1.